The summed E-state index contributed by atoms with van der Waals surface area (Å²) in [6.07, 6.45) is 0.572. The van der Waals surface area contributed by atoms with Gasteiger partial charge in [-0.05, 0) is 36.2 Å². The predicted molar refractivity (Wildman–Crippen MR) is 79.6 cm³/mol. The second-order valence-electron chi connectivity index (χ2n) is 4.33. The third kappa shape index (κ3) is 3.65. The highest BCUT2D eigenvalue weighted by atomic mass is 35.5. The van der Waals surface area contributed by atoms with Crippen LogP contribution < -0.4 is 9.47 Å². The van der Waals surface area contributed by atoms with Crippen molar-refractivity contribution in [3.05, 3.63) is 58.6 Å². The van der Waals surface area contributed by atoms with Crippen LogP contribution in [-0.4, -0.2) is 18.8 Å². The molecule has 0 fully saturated rings. The molecule has 0 amide bonds. The first-order valence-electron chi connectivity index (χ1n) is 6.38. The first-order valence-corrected chi connectivity index (χ1v) is 6.76. The largest absolute Gasteiger partial charge is 0.496 e. The van der Waals surface area contributed by atoms with E-state index in [0.29, 0.717) is 18.1 Å². The van der Waals surface area contributed by atoms with Crippen LogP contribution in [0.2, 0.25) is 5.02 Å². The lowest BCUT2D eigenvalue weighted by molar-refractivity contribution is 0.280. The topological polar surface area (TPSA) is 38.7 Å². The van der Waals surface area contributed by atoms with Gasteiger partial charge < -0.3 is 14.6 Å². The Balaban J connectivity index is 2.14. The summed E-state index contributed by atoms with van der Waals surface area (Å²) in [6.45, 7) is 0.465. The van der Waals surface area contributed by atoms with E-state index < -0.39 is 0 Å². The fourth-order valence-electron chi connectivity index (χ4n) is 1.99. The quantitative estimate of drug-likeness (QED) is 0.886. The zero-order valence-corrected chi connectivity index (χ0v) is 12.1. The minimum absolute atomic E-state index is 0.0981. The molecule has 0 aromatic heterocycles. The minimum Gasteiger partial charge on any atom is -0.496 e. The van der Waals surface area contributed by atoms with Gasteiger partial charge in [-0.3, -0.25) is 0 Å². The number of rotatable bonds is 6. The number of halogens is 1. The van der Waals surface area contributed by atoms with Gasteiger partial charge >= 0.3 is 0 Å². The van der Waals surface area contributed by atoms with E-state index in [0.717, 1.165) is 22.6 Å². The summed E-state index contributed by atoms with van der Waals surface area (Å²) < 4.78 is 11.1. The van der Waals surface area contributed by atoms with Crippen molar-refractivity contribution in [3.8, 4) is 11.5 Å². The Labute approximate surface area is 123 Å². The van der Waals surface area contributed by atoms with Crippen LogP contribution in [0.25, 0.3) is 0 Å². The number of para-hydroxylation sites is 1. The molecule has 106 valence electrons. The van der Waals surface area contributed by atoms with Crippen molar-refractivity contribution in [2.75, 3.05) is 13.7 Å². The SMILES string of the molecule is COc1ccc(Cl)cc1COc1ccccc1CCO. The van der Waals surface area contributed by atoms with Crippen molar-refractivity contribution in [2.24, 2.45) is 0 Å². The van der Waals surface area contributed by atoms with Crippen LogP contribution in [0.15, 0.2) is 42.5 Å². The second-order valence-corrected chi connectivity index (χ2v) is 4.76. The molecule has 0 atom stereocenters. The highest BCUT2D eigenvalue weighted by molar-refractivity contribution is 6.30. The summed E-state index contributed by atoms with van der Waals surface area (Å²) in [4.78, 5) is 0. The van der Waals surface area contributed by atoms with Crippen molar-refractivity contribution >= 4 is 11.6 Å². The number of benzene rings is 2. The van der Waals surface area contributed by atoms with Crippen LogP contribution in [-0.2, 0) is 13.0 Å². The third-order valence-electron chi connectivity index (χ3n) is 2.98. The van der Waals surface area contributed by atoms with Gasteiger partial charge in [0, 0.05) is 17.2 Å². The lowest BCUT2D eigenvalue weighted by Crippen LogP contribution is -2.02. The fourth-order valence-corrected chi connectivity index (χ4v) is 2.18. The average molecular weight is 293 g/mol. The number of hydrogen-bond acceptors (Lipinski definition) is 3. The predicted octanol–water partition coefficient (Wildman–Crippen LogP) is 3.46. The van der Waals surface area contributed by atoms with E-state index in [4.69, 9.17) is 26.2 Å². The third-order valence-corrected chi connectivity index (χ3v) is 3.21. The molecule has 0 aliphatic rings. The molecule has 2 rings (SSSR count). The van der Waals surface area contributed by atoms with Gasteiger partial charge in [0.15, 0.2) is 0 Å². The number of hydrogen-bond donors (Lipinski definition) is 1. The monoisotopic (exact) mass is 292 g/mol. The van der Waals surface area contributed by atoms with Gasteiger partial charge in [0.05, 0.1) is 7.11 Å². The number of aliphatic hydroxyl groups excluding tert-OH is 1. The van der Waals surface area contributed by atoms with Gasteiger partial charge in [0.1, 0.15) is 18.1 Å². The molecule has 0 aliphatic carbocycles. The van der Waals surface area contributed by atoms with Crippen molar-refractivity contribution in [1.29, 1.82) is 0 Å². The molecule has 0 radical (unpaired) electrons. The van der Waals surface area contributed by atoms with Gasteiger partial charge in [-0.1, -0.05) is 29.8 Å². The molecule has 20 heavy (non-hydrogen) atoms. The van der Waals surface area contributed by atoms with Crippen molar-refractivity contribution in [2.45, 2.75) is 13.0 Å². The van der Waals surface area contributed by atoms with Gasteiger partial charge in [0.2, 0.25) is 0 Å². The van der Waals surface area contributed by atoms with Crippen LogP contribution in [0.5, 0.6) is 11.5 Å². The molecule has 0 heterocycles. The standard InChI is InChI=1S/C16H17ClO3/c1-19-15-7-6-14(17)10-13(15)11-20-16-5-3-2-4-12(16)8-9-18/h2-7,10,18H,8-9,11H2,1H3. The zero-order chi connectivity index (χ0) is 14.4. The second kappa shape index (κ2) is 7.17. The van der Waals surface area contributed by atoms with Gasteiger partial charge in [-0.25, -0.2) is 0 Å². The Kier molecular flexibility index (Phi) is 5.27. The molecular weight excluding hydrogens is 276 g/mol. The van der Waals surface area contributed by atoms with E-state index in [2.05, 4.69) is 0 Å². The van der Waals surface area contributed by atoms with Crippen molar-refractivity contribution in [3.63, 3.8) is 0 Å². The Morgan fingerprint density at radius 2 is 1.85 bits per heavy atom. The smallest absolute Gasteiger partial charge is 0.125 e. The molecule has 0 unspecified atom stereocenters. The molecule has 0 saturated carbocycles. The Hall–Kier alpha value is -1.71. The van der Waals surface area contributed by atoms with Crippen LogP contribution in [0, 0.1) is 0 Å². The highest BCUT2D eigenvalue weighted by Gasteiger charge is 2.07. The van der Waals surface area contributed by atoms with Crippen LogP contribution in [0.3, 0.4) is 0 Å². The Bertz CT molecular complexity index is 569. The molecule has 3 nitrogen and oxygen atoms in total. The van der Waals surface area contributed by atoms with Gasteiger partial charge in [-0.2, -0.15) is 0 Å². The first kappa shape index (κ1) is 14.7. The van der Waals surface area contributed by atoms with E-state index in [1.165, 1.54) is 0 Å². The van der Waals surface area contributed by atoms with Gasteiger partial charge in [-0.15, -0.1) is 0 Å². The Morgan fingerprint density at radius 3 is 2.60 bits per heavy atom. The maximum atomic E-state index is 9.05. The number of methoxy groups -OCH3 is 1. The molecule has 4 heteroatoms. The van der Waals surface area contributed by atoms with Crippen LogP contribution in [0.4, 0.5) is 0 Å². The van der Waals surface area contributed by atoms with E-state index >= 15 is 0 Å². The zero-order valence-electron chi connectivity index (χ0n) is 11.3. The average Bonchev–Trinajstić information content (AvgIpc) is 2.47. The first-order chi connectivity index (χ1) is 9.74. The maximum absolute atomic E-state index is 9.05. The molecule has 1 N–H and O–H groups in total. The minimum atomic E-state index is 0.0981. The Morgan fingerprint density at radius 1 is 1.05 bits per heavy atom. The molecule has 0 saturated heterocycles. The summed E-state index contributed by atoms with van der Waals surface area (Å²) in [7, 11) is 1.62. The van der Waals surface area contributed by atoms with E-state index in [9.17, 15) is 0 Å². The van der Waals surface area contributed by atoms with Crippen LogP contribution >= 0.6 is 11.6 Å². The van der Waals surface area contributed by atoms with E-state index in [1.807, 2.05) is 36.4 Å². The summed E-state index contributed by atoms with van der Waals surface area (Å²) >= 11 is 5.99. The molecule has 0 bridgehead atoms. The van der Waals surface area contributed by atoms with Crippen molar-refractivity contribution < 1.29 is 14.6 Å². The lowest BCUT2D eigenvalue weighted by atomic mass is 10.1. The normalized spacial score (nSPS) is 10.3. The molecule has 0 spiro atoms. The van der Waals surface area contributed by atoms with Crippen molar-refractivity contribution in [1.82, 2.24) is 0 Å². The molecular formula is C16H17ClO3. The summed E-state index contributed by atoms with van der Waals surface area (Å²) in [5, 5.41) is 9.70. The molecule has 2 aromatic rings. The summed E-state index contributed by atoms with van der Waals surface area (Å²) in [6, 6.07) is 13.1. The highest BCUT2D eigenvalue weighted by Crippen LogP contribution is 2.25. The molecule has 2 aromatic carbocycles. The van der Waals surface area contributed by atoms with E-state index in [1.54, 1.807) is 13.2 Å². The number of ether oxygens (including phenoxy) is 2. The van der Waals surface area contributed by atoms with Crippen LogP contribution in [0.1, 0.15) is 11.1 Å². The lowest BCUT2D eigenvalue weighted by Gasteiger charge is -2.13. The molecule has 0 aliphatic heterocycles. The summed E-state index contributed by atoms with van der Waals surface area (Å²) in [5.74, 6) is 1.51. The summed E-state index contributed by atoms with van der Waals surface area (Å²) in [5.41, 5.74) is 1.87. The van der Waals surface area contributed by atoms with E-state index in [-0.39, 0.29) is 6.61 Å². The maximum Gasteiger partial charge on any atom is 0.125 e. The number of aliphatic hydroxyl groups is 1. The van der Waals surface area contributed by atoms with Gasteiger partial charge in [0.25, 0.3) is 0 Å². The fraction of sp³-hybridized carbons (Fsp3) is 0.250.